The van der Waals surface area contributed by atoms with Gasteiger partial charge in [0, 0.05) is 41.5 Å². The number of unbranched alkanes of at least 4 members (excludes halogenated alkanes) is 1. The number of alkyl halides is 1. The summed E-state index contributed by atoms with van der Waals surface area (Å²) in [6, 6.07) is 12.7. The minimum Gasteiger partial charge on any atom is -0.462 e. The molecule has 1 aliphatic heterocycles. The van der Waals surface area contributed by atoms with E-state index in [9.17, 15) is 19.2 Å². The summed E-state index contributed by atoms with van der Waals surface area (Å²) < 4.78 is 10.7. The molecule has 2 aromatic rings. The molecule has 1 amide bonds. The van der Waals surface area contributed by atoms with Gasteiger partial charge in [-0.05, 0) is 55.0 Å². The molecular weight excluding hydrogens is 493 g/mol. The van der Waals surface area contributed by atoms with Gasteiger partial charge >= 0.3 is 11.9 Å². The number of anilines is 1. The molecular formula is C26H27Cl2NO6. The van der Waals surface area contributed by atoms with Crippen molar-refractivity contribution in [1.82, 2.24) is 0 Å². The minimum atomic E-state index is -1.05. The molecule has 0 aliphatic carbocycles. The smallest absolute Gasteiger partial charge is 0.338 e. The lowest BCUT2D eigenvalue weighted by molar-refractivity contribution is -0.151. The fourth-order valence-electron chi connectivity index (χ4n) is 3.66. The maximum atomic E-state index is 12.8. The zero-order chi connectivity index (χ0) is 25.4. The van der Waals surface area contributed by atoms with Crippen molar-refractivity contribution in [3.63, 3.8) is 0 Å². The van der Waals surface area contributed by atoms with Crippen molar-refractivity contribution >= 4 is 52.5 Å². The Morgan fingerprint density at radius 2 is 1.71 bits per heavy atom. The van der Waals surface area contributed by atoms with Crippen LogP contribution in [0.2, 0.25) is 5.02 Å². The highest BCUT2D eigenvalue weighted by atomic mass is 35.5. The van der Waals surface area contributed by atoms with Crippen molar-refractivity contribution in [2.24, 2.45) is 5.92 Å². The molecule has 0 unspecified atom stereocenters. The molecule has 9 heteroatoms. The molecule has 1 aliphatic rings. The van der Waals surface area contributed by atoms with Crippen LogP contribution in [0.25, 0.3) is 0 Å². The second kappa shape index (κ2) is 12.7. The summed E-state index contributed by atoms with van der Waals surface area (Å²) in [6.45, 7) is 2.48. The van der Waals surface area contributed by atoms with Crippen molar-refractivity contribution in [2.45, 2.75) is 38.7 Å². The Morgan fingerprint density at radius 1 is 1.06 bits per heavy atom. The van der Waals surface area contributed by atoms with Gasteiger partial charge in [-0.15, -0.1) is 11.6 Å². The second-order valence-corrected chi connectivity index (χ2v) is 9.03. The molecule has 35 heavy (non-hydrogen) atoms. The Kier molecular flexibility index (Phi) is 9.69. The molecule has 186 valence electrons. The Balaban J connectivity index is 1.62. The van der Waals surface area contributed by atoms with Crippen LogP contribution < -0.4 is 4.90 Å². The molecule has 1 heterocycles. The Morgan fingerprint density at radius 3 is 2.34 bits per heavy atom. The quantitative estimate of drug-likeness (QED) is 0.178. The van der Waals surface area contributed by atoms with Crippen molar-refractivity contribution in [3.05, 3.63) is 64.7 Å². The third-order valence-corrected chi connectivity index (χ3v) is 6.13. The summed E-state index contributed by atoms with van der Waals surface area (Å²) in [5.74, 6) is -2.28. The van der Waals surface area contributed by atoms with Gasteiger partial charge in [0.25, 0.3) is 0 Å². The highest BCUT2D eigenvalue weighted by molar-refractivity contribution is 6.30. The average Bonchev–Trinajstić information content (AvgIpc) is 3.25. The van der Waals surface area contributed by atoms with Crippen LogP contribution in [-0.4, -0.2) is 48.8 Å². The summed E-state index contributed by atoms with van der Waals surface area (Å²) >= 11 is 11.7. The zero-order valence-corrected chi connectivity index (χ0v) is 20.9. The fraction of sp³-hybridized carbons (Fsp3) is 0.385. The number of ketones is 1. The number of rotatable bonds is 11. The monoisotopic (exact) mass is 519 g/mol. The SMILES string of the molecule is CCCCOC(=O)c1ccc(N2C[C@H](C(=O)O[C@H](CCCl)C(=O)c3ccc(Cl)cc3)CC2=O)cc1. The van der Waals surface area contributed by atoms with E-state index in [4.69, 9.17) is 32.7 Å². The number of carbonyl (C=O) groups excluding carboxylic acids is 4. The highest BCUT2D eigenvalue weighted by Gasteiger charge is 2.38. The molecule has 0 bridgehead atoms. The first-order chi connectivity index (χ1) is 16.8. The third kappa shape index (κ3) is 7.05. The number of hydrogen-bond donors (Lipinski definition) is 0. The van der Waals surface area contributed by atoms with E-state index in [0.717, 1.165) is 12.8 Å². The van der Waals surface area contributed by atoms with Gasteiger partial charge in [0.05, 0.1) is 18.1 Å². The predicted octanol–water partition coefficient (Wildman–Crippen LogP) is 5.07. The van der Waals surface area contributed by atoms with Crippen molar-refractivity contribution in [2.75, 3.05) is 23.9 Å². The number of Topliss-reactive ketones (excluding diaryl/α,β-unsaturated/α-hetero) is 1. The number of carbonyl (C=O) groups is 4. The van der Waals surface area contributed by atoms with E-state index in [0.29, 0.717) is 28.4 Å². The highest BCUT2D eigenvalue weighted by Crippen LogP contribution is 2.27. The van der Waals surface area contributed by atoms with Gasteiger partial charge in [-0.3, -0.25) is 14.4 Å². The number of ether oxygens (including phenoxy) is 2. The van der Waals surface area contributed by atoms with Crippen molar-refractivity contribution in [3.8, 4) is 0 Å². The first-order valence-electron chi connectivity index (χ1n) is 11.5. The van der Waals surface area contributed by atoms with Crippen LogP contribution in [0.5, 0.6) is 0 Å². The van der Waals surface area contributed by atoms with Gasteiger partial charge in [0.15, 0.2) is 6.10 Å². The van der Waals surface area contributed by atoms with Gasteiger partial charge in [0.1, 0.15) is 0 Å². The molecule has 1 fully saturated rings. The molecule has 0 N–H and O–H groups in total. The molecule has 7 nitrogen and oxygen atoms in total. The molecule has 0 spiro atoms. The van der Waals surface area contributed by atoms with Crippen molar-refractivity contribution < 1.29 is 28.7 Å². The van der Waals surface area contributed by atoms with E-state index in [2.05, 4.69) is 0 Å². The number of nitrogens with zero attached hydrogens (tertiary/aromatic N) is 1. The zero-order valence-electron chi connectivity index (χ0n) is 19.4. The maximum absolute atomic E-state index is 12.8. The van der Waals surface area contributed by atoms with E-state index in [1.54, 1.807) is 48.5 Å². The van der Waals surface area contributed by atoms with Gasteiger partial charge in [0.2, 0.25) is 11.7 Å². The summed E-state index contributed by atoms with van der Waals surface area (Å²) in [5.41, 5.74) is 1.30. The topological polar surface area (TPSA) is 90.0 Å². The Bertz CT molecular complexity index is 1050. The van der Waals surface area contributed by atoms with E-state index in [-0.39, 0.29) is 37.0 Å². The second-order valence-electron chi connectivity index (χ2n) is 8.22. The lowest BCUT2D eigenvalue weighted by Gasteiger charge is -2.19. The van der Waals surface area contributed by atoms with E-state index < -0.39 is 24.0 Å². The van der Waals surface area contributed by atoms with Crippen LogP contribution in [0, 0.1) is 5.92 Å². The molecule has 0 radical (unpaired) electrons. The number of amides is 1. The van der Waals surface area contributed by atoms with E-state index in [1.807, 2.05) is 6.92 Å². The van der Waals surface area contributed by atoms with Gasteiger partial charge in [-0.1, -0.05) is 24.9 Å². The summed E-state index contributed by atoms with van der Waals surface area (Å²) in [7, 11) is 0. The molecule has 2 aromatic carbocycles. The summed E-state index contributed by atoms with van der Waals surface area (Å²) in [4.78, 5) is 51.8. The molecule has 0 saturated carbocycles. The lowest BCUT2D eigenvalue weighted by Crippen LogP contribution is -2.32. The molecule has 0 aromatic heterocycles. The number of halogens is 2. The molecule has 3 rings (SSSR count). The number of benzene rings is 2. The maximum Gasteiger partial charge on any atom is 0.338 e. The normalized spacial score (nSPS) is 16.1. The standard InChI is InChI=1S/C26H27Cl2NO6/c1-2-3-14-34-25(32)18-6-10-21(11-7-18)29-16-19(15-23(29)30)26(33)35-22(12-13-27)24(31)17-4-8-20(28)9-5-17/h4-11,19,22H,2-3,12-16H2,1H3/t19-,22-/m1/s1. The molecule has 1 saturated heterocycles. The number of esters is 2. The predicted molar refractivity (Wildman–Crippen MR) is 133 cm³/mol. The third-order valence-electron chi connectivity index (χ3n) is 5.65. The molecule has 2 atom stereocenters. The number of hydrogen-bond acceptors (Lipinski definition) is 6. The minimum absolute atomic E-state index is 0.0393. The van der Waals surface area contributed by atoms with Gasteiger partial charge < -0.3 is 14.4 Å². The van der Waals surface area contributed by atoms with Gasteiger partial charge in [-0.25, -0.2) is 4.79 Å². The average molecular weight is 520 g/mol. The van der Waals surface area contributed by atoms with Crippen LogP contribution >= 0.6 is 23.2 Å². The van der Waals surface area contributed by atoms with Crippen LogP contribution in [0.1, 0.15) is 53.3 Å². The largest absolute Gasteiger partial charge is 0.462 e. The van der Waals surface area contributed by atoms with E-state index in [1.165, 1.54) is 4.90 Å². The first-order valence-corrected chi connectivity index (χ1v) is 12.4. The van der Waals surface area contributed by atoms with E-state index >= 15 is 0 Å². The van der Waals surface area contributed by atoms with Gasteiger partial charge in [-0.2, -0.15) is 0 Å². The summed E-state index contributed by atoms with van der Waals surface area (Å²) in [5, 5.41) is 0.485. The van der Waals surface area contributed by atoms with Crippen LogP contribution in [0.3, 0.4) is 0 Å². The van der Waals surface area contributed by atoms with Crippen molar-refractivity contribution in [1.29, 1.82) is 0 Å². The lowest BCUT2D eigenvalue weighted by atomic mass is 10.0. The Labute approximate surface area is 214 Å². The van der Waals surface area contributed by atoms with Crippen LogP contribution in [-0.2, 0) is 19.1 Å². The van der Waals surface area contributed by atoms with Crippen LogP contribution in [0.15, 0.2) is 48.5 Å². The Hall–Kier alpha value is -2.90. The fourth-order valence-corrected chi connectivity index (χ4v) is 3.99. The van der Waals surface area contributed by atoms with Crippen LogP contribution in [0.4, 0.5) is 5.69 Å². The summed E-state index contributed by atoms with van der Waals surface area (Å²) in [6.07, 6.45) is 0.774. The first kappa shape index (κ1) is 26.7.